The molecule has 0 N–H and O–H groups in total. The Morgan fingerprint density at radius 1 is 1.22 bits per heavy atom. The Labute approximate surface area is 147 Å². The van der Waals surface area contributed by atoms with Crippen LogP contribution >= 0.6 is 15.9 Å². The van der Waals surface area contributed by atoms with Crippen molar-refractivity contribution in [3.8, 4) is 0 Å². The van der Waals surface area contributed by atoms with Crippen molar-refractivity contribution in [1.29, 1.82) is 0 Å². The van der Waals surface area contributed by atoms with Crippen molar-refractivity contribution in [1.82, 2.24) is 14.7 Å². The van der Waals surface area contributed by atoms with Gasteiger partial charge in [0, 0.05) is 57.6 Å². The maximum absolute atomic E-state index is 12.0. The van der Waals surface area contributed by atoms with Crippen LogP contribution in [0.15, 0.2) is 0 Å². The monoisotopic (exact) mass is 389 g/mol. The van der Waals surface area contributed by atoms with Crippen molar-refractivity contribution >= 4 is 27.9 Å². The van der Waals surface area contributed by atoms with Gasteiger partial charge in [0.25, 0.3) is 0 Å². The molecule has 0 aromatic rings. The van der Waals surface area contributed by atoms with E-state index < -0.39 is 5.60 Å². The number of rotatable bonds is 4. The minimum absolute atomic E-state index is 0.230. The fourth-order valence-electron chi connectivity index (χ4n) is 2.92. The van der Waals surface area contributed by atoms with Crippen LogP contribution in [0.5, 0.6) is 0 Å². The Morgan fingerprint density at radius 2 is 1.87 bits per heavy atom. The second kappa shape index (κ2) is 7.83. The average molecular weight is 390 g/mol. The molecule has 2 saturated heterocycles. The van der Waals surface area contributed by atoms with E-state index in [1.54, 1.807) is 4.90 Å². The Kier molecular flexibility index (Phi) is 6.31. The number of amides is 2. The summed E-state index contributed by atoms with van der Waals surface area (Å²) in [5.74, 6) is 0.716. The van der Waals surface area contributed by atoms with Gasteiger partial charge in [-0.25, -0.2) is 4.79 Å². The molecular weight excluding hydrogens is 362 g/mol. The molecule has 0 aromatic carbocycles. The van der Waals surface area contributed by atoms with E-state index >= 15 is 0 Å². The van der Waals surface area contributed by atoms with E-state index in [1.807, 2.05) is 25.7 Å². The topological polar surface area (TPSA) is 53.1 Å². The average Bonchev–Trinajstić information content (AvgIpc) is 2.84. The highest BCUT2D eigenvalue weighted by molar-refractivity contribution is 9.09. The molecule has 1 unspecified atom stereocenters. The molecular formula is C16H28BrN3O3. The Bertz CT molecular complexity index is 431. The Morgan fingerprint density at radius 3 is 2.39 bits per heavy atom. The normalized spacial score (nSPS) is 23.5. The third-order valence-electron chi connectivity index (χ3n) is 4.22. The fraction of sp³-hybridized carbons (Fsp3) is 0.875. The molecule has 0 bridgehead atoms. The van der Waals surface area contributed by atoms with Crippen molar-refractivity contribution in [3.05, 3.63) is 0 Å². The van der Waals surface area contributed by atoms with Gasteiger partial charge in [-0.2, -0.15) is 0 Å². The maximum atomic E-state index is 12.0. The zero-order valence-corrected chi connectivity index (χ0v) is 16.0. The van der Waals surface area contributed by atoms with Crippen LogP contribution < -0.4 is 0 Å². The minimum atomic E-state index is -0.448. The summed E-state index contributed by atoms with van der Waals surface area (Å²) in [5.41, 5.74) is -0.448. The molecule has 6 nitrogen and oxygen atoms in total. The molecule has 0 saturated carbocycles. The molecule has 2 rings (SSSR count). The van der Waals surface area contributed by atoms with Crippen LogP contribution in [0.25, 0.3) is 0 Å². The number of hydrogen-bond donors (Lipinski definition) is 0. The van der Waals surface area contributed by atoms with Gasteiger partial charge in [-0.15, -0.1) is 0 Å². The molecule has 132 valence electrons. The predicted molar refractivity (Wildman–Crippen MR) is 92.7 cm³/mol. The van der Waals surface area contributed by atoms with E-state index in [4.69, 9.17) is 4.74 Å². The summed E-state index contributed by atoms with van der Waals surface area (Å²) in [7, 11) is 0. The van der Waals surface area contributed by atoms with E-state index in [2.05, 4.69) is 20.8 Å². The number of piperazine rings is 1. The van der Waals surface area contributed by atoms with Gasteiger partial charge >= 0.3 is 6.09 Å². The van der Waals surface area contributed by atoms with Crippen LogP contribution in [0, 0.1) is 5.92 Å². The van der Waals surface area contributed by atoms with Crippen molar-refractivity contribution in [2.45, 2.75) is 32.8 Å². The van der Waals surface area contributed by atoms with Gasteiger partial charge in [0.2, 0.25) is 5.91 Å². The first-order valence-corrected chi connectivity index (χ1v) is 9.44. The summed E-state index contributed by atoms with van der Waals surface area (Å²) in [5, 5.41) is 0.893. The number of likely N-dealkylation sites (tertiary alicyclic amines) is 1. The molecule has 2 heterocycles. The minimum Gasteiger partial charge on any atom is -0.444 e. The number of ether oxygens (including phenoxy) is 1. The first-order chi connectivity index (χ1) is 10.8. The van der Waals surface area contributed by atoms with Crippen molar-refractivity contribution in [2.24, 2.45) is 5.92 Å². The number of carbonyl (C=O) groups is 2. The maximum Gasteiger partial charge on any atom is 0.410 e. The van der Waals surface area contributed by atoms with Gasteiger partial charge in [0.1, 0.15) is 5.60 Å². The smallest absolute Gasteiger partial charge is 0.410 e. The zero-order chi connectivity index (χ0) is 17.0. The lowest BCUT2D eigenvalue weighted by Gasteiger charge is -2.36. The van der Waals surface area contributed by atoms with Gasteiger partial charge in [0.05, 0.1) is 0 Å². The molecule has 0 spiro atoms. The Balaban J connectivity index is 1.69. The largest absolute Gasteiger partial charge is 0.444 e. The van der Waals surface area contributed by atoms with Crippen molar-refractivity contribution in [2.75, 3.05) is 51.1 Å². The quantitative estimate of drug-likeness (QED) is 0.687. The molecule has 2 amide bonds. The van der Waals surface area contributed by atoms with Crippen LogP contribution in [0.3, 0.4) is 0 Å². The van der Waals surface area contributed by atoms with Crippen LogP contribution in [0.1, 0.15) is 27.2 Å². The fourth-order valence-corrected chi connectivity index (χ4v) is 3.35. The number of halogens is 1. The summed E-state index contributed by atoms with van der Waals surface area (Å²) in [4.78, 5) is 30.0. The van der Waals surface area contributed by atoms with E-state index in [0.717, 1.165) is 38.1 Å². The molecule has 1 atom stereocenters. The summed E-state index contributed by atoms with van der Waals surface area (Å²) >= 11 is 3.46. The van der Waals surface area contributed by atoms with Crippen molar-refractivity contribution in [3.63, 3.8) is 0 Å². The van der Waals surface area contributed by atoms with Gasteiger partial charge in [-0.3, -0.25) is 9.69 Å². The summed E-state index contributed by atoms with van der Waals surface area (Å²) in [6.07, 6.45) is 0.435. The number of hydrogen-bond acceptors (Lipinski definition) is 4. The molecule has 0 radical (unpaired) electrons. The lowest BCUT2D eigenvalue weighted by Crippen LogP contribution is -2.51. The van der Waals surface area contributed by atoms with E-state index in [-0.39, 0.29) is 12.0 Å². The van der Waals surface area contributed by atoms with E-state index in [0.29, 0.717) is 25.4 Å². The summed E-state index contributed by atoms with van der Waals surface area (Å²) < 4.78 is 5.40. The summed E-state index contributed by atoms with van der Waals surface area (Å²) in [6, 6.07) is 0. The second-order valence-electron chi connectivity index (χ2n) is 7.37. The highest BCUT2D eigenvalue weighted by Crippen LogP contribution is 2.19. The van der Waals surface area contributed by atoms with E-state index in [9.17, 15) is 9.59 Å². The highest BCUT2D eigenvalue weighted by atomic mass is 79.9. The van der Waals surface area contributed by atoms with Gasteiger partial charge in [0.15, 0.2) is 0 Å². The first-order valence-electron chi connectivity index (χ1n) is 8.32. The number of carbonyl (C=O) groups excluding carboxylic acids is 2. The molecule has 23 heavy (non-hydrogen) atoms. The van der Waals surface area contributed by atoms with Crippen LogP contribution in [-0.2, 0) is 9.53 Å². The lowest BCUT2D eigenvalue weighted by molar-refractivity contribution is -0.127. The predicted octanol–water partition coefficient (Wildman–Crippen LogP) is 1.78. The zero-order valence-electron chi connectivity index (χ0n) is 14.4. The lowest BCUT2D eigenvalue weighted by atomic mass is 10.2. The molecule has 7 heteroatoms. The molecule has 2 aliphatic heterocycles. The van der Waals surface area contributed by atoms with Gasteiger partial charge in [-0.05, 0) is 26.7 Å². The number of alkyl halides is 1. The van der Waals surface area contributed by atoms with Crippen LogP contribution in [-0.4, -0.2) is 83.4 Å². The first kappa shape index (κ1) is 18.5. The molecule has 2 aliphatic rings. The van der Waals surface area contributed by atoms with Gasteiger partial charge in [-0.1, -0.05) is 15.9 Å². The highest BCUT2D eigenvalue weighted by Gasteiger charge is 2.30. The molecule has 0 aliphatic carbocycles. The van der Waals surface area contributed by atoms with E-state index in [1.165, 1.54) is 0 Å². The SMILES string of the molecule is CC(C)(C)OC(=O)N1CCN(CCN2CC(CBr)CC2=O)CC1. The Hall–Kier alpha value is -0.820. The summed E-state index contributed by atoms with van der Waals surface area (Å²) in [6.45, 7) is 11.2. The third kappa shape index (κ3) is 5.64. The number of nitrogens with zero attached hydrogens (tertiary/aromatic N) is 3. The van der Waals surface area contributed by atoms with Crippen molar-refractivity contribution < 1.29 is 14.3 Å². The van der Waals surface area contributed by atoms with Crippen LogP contribution in [0.2, 0.25) is 0 Å². The van der Waals surface area contributed by atoms with Gasteiger partial charge < -0.3 is 14.5 Å². The molecule has 2 fully saturated rings. The third-order valence-corrected chi connectivity index (χ3v) is 5.14. The standard InChI is InChI=1S/C16H28BrN3O3/c1-16(2,3)23-15(22)19-7-4-18(5-8-19)6-9-20-12-13(11-17)10-14(20)21/h13H,4-12H2,1-3H3. The second-order valence-corrected chi connectivity index (χ2v) is 8.02. The van der Waals surface area contributed by atoms with Crippen LogP contribution in [0.4, 0.5) is 4.79 Å². The molecule has 0 aromatic heterocycles.